The Bertz CT molecular complexity index is 1730. The maximum absolute atomic E-state index is 15.0. The number of pyridine rings is 1. The highest BCUT2D eigenvalue weighted by Gasteiger charge is 2.18. The second kappa shape index (κ2) is 11.0. The minimum atomic E-state index is -0.368. The molecule has 2 aromatic carbocycles. The van der Waals surface area contributed by atoms with Gasteiger partial charge in [0, 0.05) is 47.6 Å². The van der Waals surface area contributed by atoms with E-state index in [-0.39, 0.29) is 11.6 Å². The van der Waals surface area contributed by atoms with Gasteiger partial charge in [0.25, 0.3) is 0 Å². The van der Waals surface area contributed by atoms with Gasteiger partial charge in [0.15, 0.2) is 5.82 Å². The van der Waals surface area contributed by atoms with Crippen molar-refractivity contribution in [2.75, 3.05) is 32.5 Å². The van der Waals surface area contributed by atoms with Gasteiger partial charge in [-0.2, -0.15) is 5.10 Å². The Morgan fingerprint density at radius 3 is 2.72 bits per heavy atom. The van der Waals surface area contributed by atoms with E-state index in [2.05, 4.69) is 32.1 Å². The molecule has 5 aromatic rings. The highest BCUT2D eigenvalue weighted by atomic mass is 19.1. The van der Waals surface area contributed by atoms with Gasteiger partial charge in [-0.05, 0) is 56.9 Å². The van der Waals surface area contributed by atoms with Gasteiger partial charge in [0.05, 0.1) is 16.7 Å². The highest BCUT2D eigenvalue weighted by Crippen LogP contribution is 2.33. The van der Waals surface area contributed by atoms with E-state index in [9.17, 15) is 8.78 Å². The zero-order valence-electron chi connectivity index (χ0n) is 22.0. The molecule has 0 aliphatic carbocycles. The number of fused-ring (bicyclic) bond motifs is 2. The summed E-state index contributed by atoms with van der Waals surface area (Å²) < 4.78 is 29.5. The standard InChI is InChI=1S/C30H29F2N7/c1-5-7-8-18(6-2)22-16-23-26(17-24(22)32)37-38-28(23)30-35-25-9-10-34-27(29(25)36-30)19-13-20(31)15-21(14-19)33-11-12-39(3)4/h5-10,13-17,33H,1,11-12H2,2-4H3,(H,35,36)(H,37,38)/b8-7-,18-6+. The number of likely N-dealkylation sites (N-methyl/N-ethyl adjacent to an activating group) is 1. The van der Waals surface area contributed by atoms with Crippen LogP contribution in [0.15, 0.2) is 73.5 Å². The van der Waals surface area contributed by atoms with Crippen molar-refractivity contribution in [1.29, 1.82) is 0 Å². The van der Waals surface area contributed by atoms with E-state index in [4.69, 9.17) is 4.98 Å². The minimum absolute atomic E-state index is 0.364. The molecule has 3 heterocycles. The monoisotopic (exact) mass is 525 g/mol. The van der Waals surface area contributed by atoms with Crippen molar-refractivity contribution in [3.63, 3.8) is 0 Å². The molecular formula is C30H29F2N7. The molecule has 3 N–H and O–H groups in total. The number of rotatable bonds is 9. The van der Waals surface area contributed by atoms with E-state index in [0.717, 1.165) is 17.6 Å². The third-order valence-corrected chi connectivity index (χ3v) is 6.37. The van der Waals surface area contributed by atoms with Crippen LogP contribution in [-0.4, -0.2) is 57.2 Å². The molecule has 0 radical (unpaired) electrons. The summed E-state index contributed by atoms with van der Waals surface area (Å²) in [6, 6.07) is 9.77. The summed E-state index contributed by atoms with van der Waals surface area (Å²) in [4.78, 5) is 14.7. The van der Waals surface area contributed by atoms with Crippen molar-refractivity contribution in [2.24, 2.45) is 0 Å². The molecule has 0 amide bonds. The van der Waals surface area contributed by atoms with Crippen LogP contribution in [0.5, 0.6) is 0 Å². The fourth-order valence-electron chi connectivity index (χ4n) is 4.46. The first-order valence-corrected chi connectivity index (χ1v) is 12.6. The van der Waals surface area contributed by atoms with Gasteiger partial charge in [-0.3, -0.25) is 10.1 Å². The van der Waals surface area contributed by atoms with Crippen LogP contribution < -0.4 is 5.32 Å². The SMILES string of the molecule is C=C/C=C\C(=C/C)c1cc2c(-c3nc4c(-c5cc(F)cc(NCCN(C)C)c5)nccc4[nH]3)n[nH]c2cc1F. The Labute approximate surface area is 225 Å². The van der Waals surface area contributed by atoms with Gasteiger partial charge in [-0.25, -0.2) is 13.8 Å². The number of anilines is 1. The van der Waals surface area contributed by atoms with E-state index in [1.54, 1.807) is 30.5 Å². The van der Waals surface area contributed by atoms with Crippen molar-refractivity contribution in [3.05, 3.63) is 90.7 Å². The Hall–Kier alpha value is -4.63. The summed E-state index contributed by atoms with van der Waals surface area (Å²) in [6.45, 7) is 7.03. The second-order valence-electron chi connectivity index (χ2n) is 9.39. The molecule has 0 atom stereocenters. The first-order valence-electron chi connectivity index (χ1n) is 12.6. The van der Waals surface area contributed by atoms with Gasteiger partial charge in [0.2, 0.25) is 0 Å². The van der Waals surface area contributed by atoms with Gasteiger partial charge in [0.1, 0.15) is 22.8 Å². The molecule has 0 aliphatic rings. The lowest BCUT2D eigenvalue weighted by Gasteiger charge is -2.12. The quantitative estimate of drug-likeness (QED) is 0.190. The summed E-state index contributed by atoms with van der Waals surface area (Å²) in [5.41, 5.74) is 5.38. The van der Waals surface area contributed by atoms with Crippen LogP contribution in [0.1, 0.15) is 12.5 Å². The zero-order chi connectivity index (χ0) is 27.5. The van der Waals surface area contributed by atoms with E-state index in [0.29, 0.717) is 57.0 Å². The summed E-state index contributed by atoms with van der Waals surface area (Å²) >= 11 is 0. The van der Waals surface area contributed by atoms with Crippen LogP contribution in [0.3, 0.4) is 0 Å². The summed E-state index contributed by atoms with van der Waals surface area (Å²) in [6.07, 6.45) is 8.71. The lowest BCUT2D eigenvalue weighted by atomic mass is 10.0. The fraction of sp³-hybridized carbons (Fsp3) is 0.167. The molecule has 0 aliphatic heterocycles. The first-order chi connectivity index (χ1) is 18.9. The lowest BCUT2D eigenvalue weighted by Crippen LogP contribution is -2.20. The van der Waals surface area contributed by atoms with E-state index in [1.807, 2.05) is 44.1 Å². The molecule has 198 valence electrons. The average Bonchev–Trinajstić information content (AvgIpc) is 3.52. The second-order valence-corrected chi connectivity index (χ2v) is 9.39. The van der Waals surface area contributed by atoms with Crippen LogP contribution in [0, 0.1) is 11.6 Å². The number of nitrogens with one attached hydrogen (secondary N) is 3. The maximum atomic E-state index is 15.0. The zero-order valence-corrected chi connectivity index (χ0v) is 22.0. The van der Waals surface area contributed by atoms with Gasteiger partial charge >= 0.3 is 0 Å². The number of nitrogens with zero attached hydrogens (tertiary/aromatic N) is 4. The normalized spacial score (nSPS) is 12.3. The van der Waals surface area contributed by atoms with E-state index >= 15 is 0 Å². The van der Waals surface area contributed by atoms with Crippen molar-refractivity contribution >= 4 is 33.2 Å². The predicted molar refractivity (Wildman–Crippen MR) is 154 cm³/mol. The van der Waals surface area contributed by atoms with Crippen LogP contribution in [0.4, 0.5) is 14.5 Å². The van der Waals surface area contributed by atoms with Gasteiger partial charge in [-0.15, -0.1) is 0 Å². The Morgan fingerprint density at radius 2 is 1.95 bits per heavy atom. The van der Waals surface area contributed by atoms with Crippen molar-refractivity contribution in [1.82, 2.24) is 30.0 Å². The topological polar surface area (TPSA) is 85.5 Å². The molecule has 3 aromatic heterocycles. The number of imidazole rings is 1. The van der Waals surface area contributed by atoms with Crippen LogP contribution >= 0.6 is 0 Å². The molecule has 0 fully saturated rings. The molecule has 39 heavy (non-hydrogen) atoms. The molecule has 0 saturated carbocycles. The molecule has 0 saturated heterocycles. The minimum Gasteiger partial charge on any atom is -0.384 e. The maximum Gasteiger partial charge on any atom is 0.159 e. The van der Waals surface area contributed by atoms with E-state index in [1.165, 1.54) is 18.2 Å². The van der Waals surface area contributed by atoms with Crippen molar-refractivity contribution in [3.8, 4) is 22.8 Å². The Morgan fingerprint density at radius 1 is 1.10 bits per heavy atom. The van der Waals surface area contributed by atoms with Gasteiger partial charge in [-0.1, -0.05) is 30.9 Å². The number of aromatic amines is 2. The number of H-pyrrole nitrogens is 2. The van der Waals surface area contributed by atoms with Crippen LogP contribution in [0.25, 0.3) is 50.3 Å². The number of benzene rings is 2. The molecule has 9 heteroatoms. The Balaban J connectivity index is 1.57. The summed E-state index contributed by atoms with van der Waals surface area (Å²) in [5.74, 6) is -0.239. The number of hydrogen-bond donors (Lipinski definition) is 3. The van der Waals surface area contributed by atoms with Crippen LogP contribution in [0.2, 0.25) is 0 Å². The number of hydrogen-bond acceptors (Lipinski definition) is 5. The van der Waals surface area contributed by atoms with Crippen molar-refractivity contribution in [2.45, 2.75) is 6.92 Å². The third kappa shape index (κ3) is 5.35. The Kier molecular flexibility index (Phi) is 7.33. The third-order valence-electron chi connectivity index (χ3n) is 6.37. The largest absolute Gasteiger partial charge is 0.384 e. The number of halogens is 2. The molecular weight excluding hydrogens is 496 g/mol. The number of allylic oxidation sites excluding steroid dienone is 5. The molecule has 0 unspecified atom stereocenters. The molecule has 0 spiro atoms. The first kappa shape index (κ1) is 26.0. The van der Waals surface area contributed by atoms with Crippen molar-refractivity contribution < 1.29 is 8.78 Å². The van der Waals surface area contributed by atoms with E-state index < -0.39 is 0 Å². The summed E-state index contributed by atoms with van der Waals surface area (Å²) in [7, 11) is 3.97. The molecule has 7 nitrogen and oxygen atoms in total. The predicted octanol–water partition coefficient (Wildman–Crippen LogP) is 6.57. The van der Waals surface area contributed by atoms with Gasteiger partial charge < -0.3 is 15.2 Å². The summed E-state index contributed by atoms with van der Waals surface area (Å²) in [5, 5.41) is 11.3. The highest BCUT2D eigenvalue weighted by molar-refractivity contribution is 5.97. The van der Waals surface area contributed by atoms with Crippen LogP contribution in [-0.2, 0) is 0 Å². The smallest absolute Gasteiger partial charge is 0.159 e. The molecule has 5 rings (SSSR count). The lowest BCUT2D eigenvalue weighted by molar-refractivity contribution is 0.425. The number of aromatic nitrogens is 5. The average molecular weight is 526 g/mol. The fourth-order valence-corrected chi connectivity index (χ4v) is 4.46. The molecule has 0 bridgehead atoms.